The van der Waals surface area contributed by atoms with Gasteiger partial charge in [0.25, 0.3) is 0 Å². The molecule has 1 heterocycles. The van der Waals surface area contributed by atoms with Gasteiger partial charge in [-0.25, -0.2) is 9.97 Å². The van der Waals surface area contributed by atoms with Crippen LogP contribution in [-0.4, -0.2) is 20.2 Å². The quantitative estimate of drug-likeness (QED) is 0.348. The highest BCUT2D eigenvalue weighted by molar-refractivity contribution is 5.86. The van der Waals surface area contributed by atoms with Crippen LogP contribution in [0.4, 0.5) is 0 Å². The summed E-state index contributed by atoms with van der Waals surface area (Å²) in [6.45, 7) is 7.97. The monoisotopic (exact) mass is 422 g/mol. The molecule has 0 bridgehead atoms. The fourth-order valence-corrected chi connectivity index (χ4v) is 3.86. The van der Waals surface area contributed by atoms with Gasteiger partial charge in [-0.3, -0.25) is 0 Å². The molecular formula is C28H26N2O2. The van der Waals surface area contributed by atoms with Crippen LogP contribution in [-0.2, 0) is 0 Å². The fourth-order valence-electron chi connectivity index (χ4n) is 3.86. The van der Waals surface area contributed by atoms with E-state index >= 15 is 0 Å². The Hall–Kier alpha value is -3.92. The van der Waals surface area contributed by atoms with Crippen LogP contribution in [0.25, 0.3) is 34.7 Å². The first kappa shape index (κ1) is 21.3. The lowest BCUT2D eigenvalue weighted by Gasteiger charge is -2.09. The Kier molecular flexibility index (Phi) is 5.78. The summed E-state index contributed by atoms with van der Waals surface area (Å²) in [7, 11) is 0. The lowest BCUT2D eigenvalue weighted by Crippen LogP contribution is -1.97. The molecule has 0 atom stereocenters. The summed E-state index contributed by atoms with van der Waals surface area (Å²) in [4.78, 5) is 9.43. The second kappa shape index (κ2) is 8.67. The molecule has 3 aromatic carbocycles. The molecule has 4 heteroatoms. The Morgan fingerprint density at radius 3 is 1.41 bits per heavy atom. The molecule has 2 N–H and O–H groups in total. The predicted molar refractivity (Wildman–Crippen MR) is 132 cm³/mol. The van der Waals surface area contributed by atoms with Gasteiger partial charge in [0.2, 0.25) is 0 Å². The van der Waals surface area contributed by atoms with Gasteiger partial charge in [-0.15, -0.1) is 0 Å². The molecule has 0 aliphatic carbocycles. The number of benzene rings is 3. The van der Waals surface area contributed by atoms with Crippen molar-refractivity contribution >= 4 is 34.7 Å². The van der Waals surface area contributed by atoms with Crippen molar-refractivity contribution in [1.82, 2.24) is 9.97 Å². The van der Waals surface area contributed by atoms with E-state index in [1.165, 1.54) is 0 Å². The summed E-state index contributed by atoms with van der Waals surface area (Å²) in [5, 5.41) is 21.8. The second-order valence-corrected chi connectivity index (χ2v) is 8.18. The fraction of sp³-hybridized carbons (Fsp3) is 0.143. The number of nitrogens with zero attached hydrogens (tertiary/aromatic N) is 2. The third-order valence-corrected chi connectivity index (χ3v) is 5.49. The van der Waals surface area contributed by atoms with Crippen molar-refractivity contribution < 1.29 is 10.2 Å². The maximum atomic E-state index is 10.9. The second-order valence-electron chi connectivity index (χ2n) is 8.18. The van der Waals surface area contributed by atoms with Gasteiger partial charge < -0.3 is 10.2 Å². The van der Waals surface area contributed by atoms with E-state index in [2.05, 4.69) is 0 Å². The molecule has 4 nitrogen and oxygen atoms in total. The number of rotatable bonds is 4. The average molecular weight is 423 g/mol. The van der Waals surface area contributed by atoms with E-state index in [1.54, 1.807) is 12.2 Å². The van der Waals surface area contributed by atoms with E-state index in [0.717, 1.165) is 44.4 Å². The number of hydrogen-bond donors (Lipinski definition) is 2. The number of aromatic nitrogens is 2. The normalized spacial score (nSPS) is 12.4. The SMILES string of the molecule is Cc1ccc(C(O)=Cc2nc3ccccc3nc2C=C(O)c2ccc(C)cc2C)c(C)c1. The first-order valence-electron chi connectivity index (χ1n) is 10.5. The molecule has 0 saturated heterocycles. The van der Waals surface area contributed by atoms with Crippen LogP contribution in [0.1, 0.15) is 44.8 Å². The zero-order chi connectivity index (χ0) is 22.8. The summed E-state index contributed by atoms with van der Waals surface area (Å²) < 4.78 is 0. The Morgan fingerprint density at radius 1 is 0.625 bits per heavy atom. The van der Waals surface area contributed by atoms with Crippen molar-refractivity contribution in [2.75, 3.05) is 0 Å². The summed E-state index contributed by atoms with van der Waals surface area (Å²) >= 11 is 0. The maximum Gasteiger partial charge on any atom is 0.125 e. The van der Waals surface area contributed by atoms with E-state index < -0.39 is 0 Å². The molecule has 0 aliphatic heterocycles. The molecular weight excluding hydrogens is 396 g/mol. The molecule has 0 spiro atoms. The van der Waals surface area contributed by atoms with Crippen LogP contribution < -0.4 is 0 Å². The average Bonchev–Trinajstić information content (AvgIpc) is 2.73. The Balaban J connectivity index is 1.87. The minimum atomic E-state index is 0.104. The van der Waals surface area contributed by atoms with E-state index in [9.17, 15) is 10.2 Å². The van der Waals surface area contributed by atoms with Crippen molar-refractivity contribution in [3.63, 3.8) is 0 Å². The van der Waals surface area contributed by atoms with Crippen molar-refractivity contribution in [2.45, 2.75) is 27.7 Å². The van der Waals surface area contributed by atoms with Gasteiger partial charge in [-0.2, -0.15) is 0 Å². The first-order chi connectivity index (χ1) is 15.3. The van der Waals surface area contributed by atoms with E-state index in [0.29, 0.717) is 11.4 Å². The lowest BCUT2D eigenvalue weighted by molar-refractivity contribution is 0.513. The van der Waals surface area contributed by atoms with E-state index in [4.69, 9.17) is 9.97 Å². The first-order valence-corrected chi connectivity index (χ1v) is 10.5. The van der Waals surface area contributed by atoms with Gasteiger partial charge in [-0.05, 0) is 51.0 Å². The number of aliphatic hydroxyl groups excluding tert-OH is 2. The predicted octanol–water partition coefficient (Wildman–Crippen LogP) is 6.98. The van der Waals surface area contributed by atoms with Crippen LogP contribution in [0.15, 0.2) is 60.7 Å². The number of para-hydroxylation sites is 2. The zero-order valence-electron chi connectivity index (χ0n) is 18.7. The molecule has 4 rings (SSSR count). The topological polar surface area (TPSA) is 66.2 Å². The Bertz CT molecular complexity index is 1280. The maximum absolute atomic E-state index is 10.9. The number of aliphatic hydroxyl groups is 2. The Morgan fingerprint density at radius 2 is 1.03 bits per heavy atom. The van der Waals surface area contributed by atoms with Gasteiger partial charge in [0, 0.05) is 23.3 Å². The molecule has 0 fully saturated rings. The van der Waals surface area contributed by atoms with Gasteiger partial charge in [0.05, 0.1) is 22.4 Å². The van der Waals surface area contributed by atoms with Crippen LogP contribution in [0, 0.1) is 27.7 Å². The largest absolute Gasteiger partial charge is 0.507 e. The summed E-state index contributed by atoms with van der Waals surface area (Å²) in [6.07, 6.45) is 3.22. The van der Waals surface area contributed by atoms with Gasteiger partial charge >= 0.3 is 0 Å². The van der Waals surface area contributed by atoms with Crippen LogP contribution in [0.5, 0.6) is 0 Å². The molecule has 1 aromatic heterocycles. The van der Waals surface area contributed by atoms with Crippen molar-refractivity contribution in [2.24, 2.45) is 0 Å². The molecule has 160 valence electrons. The highest BCUT2D eigenvalue weighted by atomic mass is 16.3. The van der Waals surface area contributed by atoms with Crippen molar-refractivity contribution in [1.29, 1.82) is 0 Å². The van der Waals surface area contributed by atoms with Crippen molar-refractivity contribution in [3.8, 4) is 0 Å². The van der Waals surface area contributed by atoms with E-state index in [1.807, 2.05) is 88.4 Å². The minimum Gasteiger partial charge on any atom is -0.507 e. The zero-order valence-corrected chi connectivity index (χ0v) is 18.7. The highest BCUT2D eigenvalue weighted by Gasteiger charge is 2.12. The van der Waals surface area contributed by atoms with Crippen LogP contribution >= 0.6 is 0 Å². The molecule has 0 amide bonds. The molecule has 0 aliphatic rings. The third-order valence-electron chi connectivity index (χ3n) is 5.49. The number of hydrogen-bond acceptors (Lipinski definition) is 4. The lowest BCUT2D eigenvalue weighted by atomic mass is 10.0. The molecule has 32 heavy (non-hydrogen) atoms. The number of aryl methyl sites for hydroxylation is 4. The van der Waals surface area contributed by atoms with Gasteiger partial charge in [0.1, 0.15) is 11.5 Å². The molecule has 0 unspecified atom stereocenters. The summed E-state index contributed by atoms with van der Waals surface area (Å²) in [5.74, 6) is 0.209. The highest BCUT2D eigenvalue weighted by Crippen LogP contribution is 2.25. The molecule has 0 saturated carbocycles. The van der Waals surface area contributed by atoms with Crippen molar-refractivity contribution in [3.05, 3.63) is 105 Å². The van der Waals surface area contributed by atoms with Gasteiger partial charge in [0.15, 0.2) is 0 Å². The van der Waals surface area contributed by atoms with Crippen LogP contribution in [0.2, 0.25) is 0 Å². The Labute approximate surface area is 188 Å². The summed E-state index contributed by atoms with van der Waals surface area (Å²) in [6, 6.07) is 19.3. The minimum absolute atomic E-state index is 0.104. The smallest absolute Gasteiger partial charge is 0.125 e. The van der Waals surface area contributed by atoms with Gasteiger partial charge in [-0.1, -0.05) is 59.7 Å². The standard InChI is InChI=1S/C28H26N2O2/c1-17-9-11-21(19(3)13-17)27(31)15-25-26(30-24-8-6-5-7-23(24)29-25)16-28(32)22-12-10-18(2)14-20(22)4/h5-16,31-32H,1-4H3. The molecule has 4 aromatic rings. The third kappa shape index (κ3) is 4.40. The summed E-state index contributed by atoms with van der Waals surface area (Å²) in [5.41, 5.74) is 8.09. The van der Waals surface area contributed by atoms with E-state index in [-0.39, 0.29) is 11.5 Å². The number of fused-ring (bicyclic) bond motifs is 1. The molecule has 0 radical (unpaired) electrons. The van der Waals surface area contributed by atoms with Crippen LogP contribution in [0.3, 0.4) is 0 Å².